The molecule has 10 heteroatoms. The van der Waals surface area contributed by atoms with Gasteiger partial charge in [-0.05, 0) is 75.3 Å². The number of allylic oxidation sites excluding steroid dienone is 2. The summed E-state index contributed by atoms with van der Waals surface area (Å²) in [5, 5.41) is 43.7. The van der Waals surface area contributed by atoms with E-state index < -0.39 is 0 Å². The van der Waals surface area contributed by atoms with Crippen LogP contribution in [-0.4, -0.2) is 68.9 Å². The maximum Gasteiger partial charge on any atom is 0.155 e. The summed E-state index contributed by atoms with van der Waals surface area (Å²) in [6.45, 7) is 17.7. The Morgan fingerprint density at radius 1 is 0.692 bits per heavy atom. The molecule has 0 aliphatic carbocycles. The second-order valence-corrected chi connectivity index (χ2v) is 8.25. The van der Waals surface area contributed by atoms with Crippen LogP contribution >= 0.6 is 0 Å². The van der Waals surface area contributed by atoms with Gasteiger partial charge in [0.05, 0.1) is 6.10 Å². The van der Waals surface area contributed by atoms with Crippen molar-refractivity contribution in [2.24, 2.45) is 0 Å². The summed E-state index contributed by atoms with van der Waals surface area (Å²) < 4.78 is 0. The third-order valence-corrected chi connectivity index (χ3v) is 2.77. The van der Waals surface area contributed by atoms with Crippen LogP contribution in [0.15, 0.2) is 12.2 Å². The SMILES string of the molecule is C.C.C/C=C/C(C)=N.CC(=N)CC(C)=O.CC(=N)CC(C)=O.CC(=N)CC(C)O.CC(=O)CO.CCC(C)=O. The van der Waals surface area contributed by atoms with Gasteiger partial charge in [0.15, 0.2) is 5.78 Å². The van der Waals surface area contributed by atoms with Crippen LogP contribution in [0.5, 0.6) is 0 Å². The maximum atomic E-state index is 10.1. The second-order valence-electron chi connectivity index (χ2n) is 8.25. The predicted molar refractivity (Wildman–Crippen MR) is 168 cm³/mol. The summed E-state index contributed by atoms with van der Waals surface area (Å²) in [7, 11) is 0. The molecular formula is C29H60N4O6. The lowest BCUT2D eigenvalue weighted by atomic mass is 10.2. The molecule has 0 aromatic heterocycles. The van der Waals surface area contributed by atoms with Crippen molar-refractivity contribution in [3.8, 4) is 0 Å². The molecule has 0 rings (SSSR count). The summed E-state index contributed by atoms with van der Waals surface area (Å²) in [5.74, 6) is 0.190. The van der Waals surface area contributed by atoms with Crippen molar-refractivity contribution in [2.75, 3.05) is 6.61 Å². The molecule has 0 saturated heterocycles. The molecule has 0 heterocycles. The van der Waals surface area contributed by atoms with Crippen molar-refractivity contribution >= 4 is 46.0 Å². The van der Waals surface area contributed by atoms with Gasteiger partial charge in [-0.25, -0.2) is 0 Å². The zero-order valence-corrected chi connectivity index (χ0v) is 24.8. The van der Waals surface area contributed by atoms with Gasteiger partial charge in [0, 0.05) is 48.5 Å². The van der Waals surface area contributed by atoms with Crippen molar-refractivity contribution in [3.05, 3.63) is 12.2 Å². The number of nitrogens with one attached hydrogen (secondary N) is 4. The summed E-state index contributed by atoms with van der Waals surface area (Å²) in [6, 6.07) is 0. The second kappa shape index (κ2) is 42.1. The first-order chi connectivity index (χ1) is 16.7. The van der Waals surface area contributed by atoms with E-state index in [2.05, 4.69) is 0 Å². The van der Waals surface area contributed by atoms with Gasteiger partial charge < -0.3 is 36.6 Å². The van der Waals surface area contributed by atoms with Crippen molar-refractivity contribution < 1.29 is 29.4 Å². The molecule has 0 amide bonds. The molecular weight excluding hydrogens is 500 g/mol. The lowest BCUT2D eigenvalue weighted by Crippen LogP contribution is -2.04. The zero-order chi connectivity index (χ0) is 31.1. The highest BCUT2D eigenvalue weighted by Gasteiger charge is 1.93. The minimum Gasteiger partial charge on any atom is -0.393 e. The Bertz CT molecular complexity index is 663. The lowest BCUT2D eigenvalue weighted by molar-refractivity contribution is -0.119. The summed E-state index contributed by atoms with van der Waals surface area (Å²) in [5.41, 5.74) is 2.02. The van der Waals surface area contributed by atoms with E-state index in [4.69, 9.17) is 31.9 Å². The average Bonchev–Trinajstić information content (AvgIpc) is 2.67. The highest BCUT2D eigenvalue weighted by atomic mass is 16.3. The third-order valence-electron chi connectivity index (χ3n) is 2.77. The molecule has 0 fully saturated rings. The number of aliphatic hydroxyl groups excluding tert-OH is 2. The van der Waals surface area contributed by atoms with Gasteiger partial charge in [0.1, 0.15) is 24.0 Å². The number of carbonyl (C=O) groups is 4. The fourth-order valence-corrected chi connectivity index (χ4v) is 1.44. The molecule has 10 nitrogen and oxygen atoms in total. The molecule has 6 N–H and O–H groups in total. The Balaban J connectivity index is -0.0000000490. The van der Waals surface area contributed by atoms with Crippen molar-refractivity contribution in [3.63, 3.8) is 0 Å². The molecule has 0 bridgehead atoms. The monoisotopic (exact) mass is 560 g/mol. The topological polar surface area (TPSA) is 204 Å². The number of ketones is 4. The van der Waals surface area contributed by atoms with E-state index in [1.54, 1.807) is 47.6 Å². The van der Waals surface area contributed by atoms with Crippen molar-refractivity contribution in [1.82, 2.24) is 0 Å². The zero-order valence-electron chi connectivity index (χ0n) is 24.8. The maximum absolute atomic E-state index is 10.1. The molecule has 0 aromatic carbocycles. The van der Waals surface area contributed by atoms with E-state index >= 15 is 0 Å². The number of aliphatic hydroxyl groups is 2. The molecule has 1 atom stereocenters. The fourth-order valence-electron chi connectivity index (χ4n) is 1.44. The van der Waals surface area contributed by atoms with Crippen LogP contribution in [0.25, 0.3) is 0 Å². The molecule has 232 valence electrons. The molecule has 1 unspecified atom stereocenters. The molecule has 0 saturated carbocycles. The number of carbonyl (C=O) groups excluding carboxylic acids is 4. The number of hydrogen-bond donors (Lipinski definition) is 6. The van der Waals surface area contributed by atoms with Gasteiger partial charge in [-0.3, -0.25) is 14.4 Å². The molecule has 39 heavy (non-hydrogen) atoms. The Labute approximate surface area is 238 Å². The van der Waals surface area contributed by atoms with Crippen LogP contribution < -0.4 is 0 Å². The quantitative estimate of drug-likeness (QED) is 0.180. The Hall–Kier alpha value is -2.98. The standard InChI is InChI=1S/C5H11NO.2C5H9NO.C5H9N.C4H8O.C3H6O2.2CH4/c3*1-4(6)3-5(2)7;1-3-4-5(2)6;1-3-4(2)5;1-3(5)2-4;;/h5-7H,3H2,1-2H3;2*6H,3H2,1-2H3;3-4,6H,1-2H3;3H2,1-2H3;4H,2H2,1H3;2*1H4/b;;;4-3+,6-5?;;;;. The largest absolute Gasteiger partial charge is 0.393 e. The highest BCUT2D eigenvalue weighted by Crippen LogP contribution is 1.88. The van der Waals surface area contributed by atoms with Crippen molar-refractivity contribution in [2.45, 2.75) is 123 Å². The smallest absolute Gasteiger partial charge is 0.155 e. The van der Waals surface area contributed by atoms with E-state index in [0.29, 0.717) is 48.5 Å². The van der Waals surface area contributed by atoms with Gasteiger partial charge in [-0.1, -0.05) is 27.9 Å². The Morgan fingerprint density at radius 3 is 0.974 bits per heavy atom. The molecule has 0 aliphatic heterocycles. The lowest BCUT2D eigenvalue weighted by Gasteiger charge is -1.97. The van der Waals surface area contributed by atoms with Gasteiger partial charge >= 0.3 is 0 Å². The van der Waals surface area contributed by atoms with Crippen LogP contribution in [0.4, 0.5) is 0 Å². The highest BCUT2D eigenvalue weighted by molar-refractivity contribution is 5.98. The number of rotatable bonds is 9. The van der Waals surface area contributed by atoms with Crippen LogP contribution in [0, 0.1) is 21.6 Å². The van der Waals surface area contributed by atoms with Gasteiger partial charge in [0.25, 0.3) is 0 Å². The molecule has 0 aromatic rings. The van der Waals surface area contributed by atoms with Crippen LogP contribution in [-0.2, 0) is 19.2 Å². The van der Waals surface area contributed by atoms with Crippen LogP contribution in [0.2, 0.25) is 0 Å². The summed E-state index contributed by atoms with van der Waals surface area (Å²) in [4.78, 5) is 39.6. The molecule has 0 radical (unpaired) electrons. The summed E-state index contributed by atoms with van der Waals surface area (Å²) in [6.07, 6.45) is 5.03. The Morgan fingerprint density at radius 2 is 0.974 bits per heavy atom. The minimum atomic E-state index is -0.350. The molecule has 0 aliphatic rings. The van der Waals surface area contributed by atoms with Gasteiger partial charge in [-0.2, -0.15) is 0 Å². The third kappa shape index (κ3) is 149. The van der Waals surface area contributed by atoms with Crippen LogP contribution in [0.1, 0.15) is 117 Å². The molecule has 0 spiro atoms. The fraction of sp³-hybridized carbons (Fsp3) is 0.655. The van der Waals surface area contributed by atoms with Crippen molar-refractivity contribution in [1.29, 1.82) is 21.6 Å². The minimum absolute atomic E-state index is 0. The van der Waals surface area contributed by atoms with E-state index in [0.717, 1.165) is 0 Å². The Kier molecular flexibility index (Phi) is 60.8. The van der Waals surface area contributed by atoms with E-state index in [1.807, 2.05) is 19.9 Å². The summed E-state index contributed by atoms with van der Waals surface area (Å²) >= 11 is 0. The van der Waals surface area contributed by atoms with Gasteiger partial charge in [0.2, 0.25) is 0 Å². The van der Waals surface area contributed by atoms with E-state index in [9.17, 15) is 19.2 Å². The average molecular weight is 561 g/mol. The first-order valence-corrected chi connectivity index (χ1v) is 11.8. The normalized spacial score (nSPS) is 8.85. The first-order valence-electron chi connectivity index (χ1n) is 11.8. The predicted octanol–water partition coefficient (Wildman–Crippen LogP) is 6.23. The van der Waals surface area contributed by atoms with Gasteiger partial charge in [-0.15, -0.1) is 0 Å². The number of Topliss-reactive ketones (excluding diaryl/α,β-unsaturated/α-hetero) is 4. The van der Waals surface area contributed by atoms with E-state index in [-0.39, 0.29) is 50.7 Å². The van der Waals surface area contributed by atoms with Crippen LogP contribution in [0.3, 0.4) is 0 Å². The first kappa shape index (κ1) is 56.3. The number of hydrogen-bond acceptors (Lipinski definition) is 10. The van der Waals surface area contributed by atoms with E-state index in [1.165, 1.54) is 20.8 Å².